The number of hydrogen-bond donors (Lipinski definition) is 0. The molecule has 174 valence electrons. The number of piperidine rings is 1. The average Bonchev–Trinajstić information content (AvgIpc) is 3.21. The molecule has 1 saturated heterocycles. The molecule has 33 heavy (non-hydrogen) atoms. The molecule has 4 rings (SSSR count). The van der Waals surface area contributed by atoms with Crippen molar-refractivity contribution in [2.75, 3.05) is 5.75 Å². The molecule has 0 N–H and O–H groups in total. The van der Waals surface area contributed by atoms with Crippen LogP contribution in [-0.2, 0) is 4.79 Å². The van der Waals surface area contributed by atoms with Crippen molar-refractivity contribution in [3.8, 4) is 17.1 Å². The van der Waals surface area contributed by atoms with E-state index in [9.17, 15) is 4.79 Å². The topological polar surface area (TPSA) is 51.0 Å². The van der Waals surface area contributed by atoms with Gasteiger partial charge in [-0.25, -0.2) is 0 Å². The normalized spacial score (nSPS) is 18.7. The number of likely N-dealkylation sites (tertiary alicyclic amines) is 1. The van der Waals surface area contributed by atoms with Gasteiger partial charge in [0.15, 0.2) is 11.0 Å². The van der Waals surface area contributed by atoms with Gasteiger partial charge in [-0.15, -0.1) is 10.2 Å². The number of carbonyl (C=O) groups excluding carboxylic acids is 1. The van der Waals surface area contributed by atoms with Crippen LogP contribution in [0.5, 0.6) is 0 Å². The van der Waals surface area contributed by atoms with Gasteiger partial charge in [-0.05, 0) is 74.9 Å². The first kappa shape index (κ1) is 23.8. The third-order valence-corrected chi connectivity index (χ3v) is 7.51. The van der Waals surface area contributed by atoms with E-state index in [1.807, 2.05) is 30.3 Å². The van der Waals surface area contributed by atoms with E-state index in [0.29, 0.717) is 16.7 Å². The Morgan fingerprint density at radius 3 is 2.39 bits per heavy atom. The van der Waals surface area contributed by atoms with E-state index < -0.39 is 0 Å². The Kier molecular flexibility index (Phi) is 7.45. The van der Waals surface area contributed by atoms with Gasteiger partial charge in [-0.2, -0.15) is 0 Å². The fraction of sp³-hybridized carbons (Fsp3) is 0.423. The van der Waals surface area contributed by atoms with Crippen LogP contribution in [0.1, 0.15) is 58.4 Å². The summed E-state index contributed by atoms with van der Waals surface area (Å²) in [6.07, 6.45) is 3.32. The maximum Gasteiger partial charge on any atom is 0.233 e. The van der Waals surface area contributed by atoms with Crippen molar-refractivity contribution in [2.24, 2.45) is 0 Å². The summed E-state index contributed by atoms with van der Waals surface area (Å²) in [7, 11) is 0. The summed E-state index contributed by atoms with van der Waals surface area (Å²) in [5.74, 6) is 1.59. The van der Waals surface area contributed by atoms with E-state index >= 15 is 0 Å². The van der Waals surface area contributed by atoms with Crippen LogP contribution < -0.4 is 0 Å². The third kappa shape index (κ3) is 5.12. The second kappa shape index (κ2) is 10.3. The Morgan fingerprint density at radius 2 is 1.73 bits per heavy atom. The fourth-order valence-electron chi connectivity index (χ4n) is 4.66. The minimum Gasteiger partial charge on any atom is -0.337 e. The van der Waals surface area contributed by atoms with Crippen molar-refractivity contribution in [3.05, 3.63) is 59.1 Å². The first-order chi connectivity index (χ1) is 15.9. The van der Waals surface area contributed by atoms with Gasteiger partial charge in [-0.1, -0.05) is 55.4 Å². The molecular weight excluding hydrogens is 452 g/mol. The van der Waals surface area contributed by atoms with Crippen LogP contribution in [0.4, 0.5) is 0 Å². The van der Waals surface area contributed by atoms with Crippen molar-refractivity contribution in [1.82, 2.24) is 19.7 Å². The molecule has 0 spiro atoms. The number of aromatic nitrogens is 3. The Balaban J connectivity index is 1.70. The van der Waals surface area contributed by atoms with E-state index in [1.165, 1.54) is 23.7 Å². The summed E-state index contributed by atoms with van der Waals surface area (Å²) in [5.41, 5.74) is 3.18. The monoisotopic (exact) mass is 482 g/mol. The second-order valence-corrected chi connectivity index (χ2v) is 10.5. The Morgan fingerprint density at radius 1 is 1.06 bits per heavy atom. The highest BCUT2D eigenvalue weighted by atomic mass is 35.5. The quantitative estimate of drug-likeness (QED) is 0.372. The van der Waals surface area contributed by atoms with Crippen molar-refractivity contribution in [2.45, 2.75) is 70.1 Å². The zero-order chi connectivity index (χ0) is 23.5. The van der Waals surface area contributed by atoms with E-state index in [-0.39, 0.29) is 18.0 Å². The van der Waals surface area contributed by atoms with Crippen LogP contribution >= 0.6 is 23.4 Å². The minimum atomic E-state index is 0.166. The molecule has 2 heterocycles. The van der Waals surface area contributed by atoms with Crippen LogP contribution in [0.15, 0.2) is 53.7 Å². The highest BCUT2D eigenvalue weighted by Gasteiger charge is 2.29. The number of thioether (sulfide) groups is 1. The predicted molar refractivity (Wildman–Crippen MR) is 136 cm³/mol. The van der Waals surface area contributed by atoms with E-state index in [4.69, 9.17) is 11.6 Å². The van der Waals surface area contributed by atoms with Gasteiger partial charge in [0.05, 0.1) is 11.4 Å². The lowest BCUT2D eigenvalue weighted by Gasteiger charge is -2.39. The molecule has 1 aromatic heterocycles. The molecule has 2 atom stereocenters. The maximum absolute atomic E-state index is 13.2. The van der Waals surface area contributed by atoms with Crippen molar-refractivity contribution in [3.63, 3.8) is 0 Å². The molecule has 3 aromatic rings. The number of amides is 1. The number of para-hydroxylation sites is 1. The van der Waals surface area contributed by atoms with Crippen molar-refractivity contribution in [1.29, 1.82) is 0 Å². The van der Waals surface area contributed by atoms with Crippen LogP contribution in [-0.4, -0.2) is 43.4 Å². The van der Waals surface area contributed by atoms with Crippen LogP contribution in [0.25, 0.3) is 17.1 Å². The number of rotatable bonds is 6. The highest BCUT2D eigenvalue weighted by molar-refractivity contribution is 7.99. The Bertz CT molecular complexity index is 1100. The summed E-state index contributed by atoms with van der Waals surface area (Å²) in [6, 6.07) is 16.5. The number of benzene rings is 2. The first-order valence-corrected chi connectivity index (χ1v) is 13.0. The lowest BCUT2D eigenvalue weighted by Crippen LogP contribution is -2.48. The summed E-state index contributed by atoms with van der Waals surface area (Å²) < 4.78 is 2.08. The fourth-order valence-corrected chi connectivity index (χ4v) is 5.60. The molecule has 2 unspecified atom stereocenters. The van der Waals surface area contributed by atoms with E-state index in [2.05, 4.69) is 65.6 Å². The van der Waals surface area contributed by atoms with Gasteiger partial charge in [0, 0.05) is 22.7 Å². The molecule has 5 nitrogen and oxygen atoms in total. The molecule has 1 aliphatic heterocycles. The molecule has 0 saturated carbocycles. The zero-order valence-corrected chi connectivity index (χ0v) is 21.2. The standard InChI is InChI=1S/C26H31ClN4OS/c1-17(2)22-10-5-6-11-23(22)31-25(20-12-14-21(27)15-13-20)28-29-26(31)33-16-24(32)30-18(3)8-7-9-19(30)4/h5-6,10-15,17-19H,7-9,16H2,1-4H3. The van der Waals surface area contributed by atoms with Gasteiger partial charge in [-0.3, -0.25) is 9.36 Å². The smallest absolute Gasteiger partial charge is 0.233 e. The molecular formula is C26H31ClN4OS. The zero-order valence-electron chi connectivity index (χ0n) is 19.7. The van der Waals surface area contributed by atoms with Gasteiger partial charge in [0.25, 0.3) is 0 Å². The Labute approximate surface area is 205 Å². The summed E-state index contributed by atoms with van der Waals surface area (Å²) >= 11 is 7.58. The molecule has 1 amide bonds. The van der Waals surface area contributed by atoms with Crippen LogP contribution in [0.3, 0.4) is 0 Å². The van der Waals surface area contributed by atoms with Crippen LogP contribution in [0.2, 0.25) is 5.02 Å². The van der Waals surface area contributed by atoms with Gasteiger partial charge in [0.1, 0.15) is 0 Å². The lowest BCUT2D eigenvalue weighted by atomic mass is 9.98. The van der Waals surface area contributed by atoms with Gasteiger partial charge in [0.2, 0.25) is 5.91 Å². The van der Waals surface area contributed by atoms with Crippen LogP contribution in [0, 0.1) is 0 Å². The predicted octanol–water partition coefficient (Wildman–Crippen LogP) is 6.59. The number of halogens is 1. The molecule has 1 fully saturated rings. The number of nitrogens with zero attached hydrogens (tertiary/aromatic N) is 4. The maximum atomic E-state index is 13.2. The summed E-state index contributed by atoms with van der Waals surface area (Å²) in [5, 5.41) is 10.5. The Hall–Kier alpha value is -2.31. The van der Waals surface area contributed by atoms with E-state index in [1.54, 1.807) is 0 Å². The summed E-state index contributed by atoms with van der Waals surface area (Å²) in [6.45, 7) is 8.66. The molecule has 0 bridgehead atoms. The van der Waals surface area contributed by atoms with Gasteiger partial charge >= 0.3 is 0 Å². The molecule has 0 aliphatic carbocycles. The summed E-state index contributed by atoms with van der Waals surface area (Å²) in [4.78, 5) is 15.2. The number of hydrogen-bond acceptors (Lipinski definition) is 4. The third-order valence-electron chi connectivity index (χ3n) is 6.34. The molecule has 1 aliphatic rings. The minimum absolute atomic E-state index is 0.166. The number of carbonyl (C=O) groups is 1. The van der Waals surface area contributed by atoms with Gasteiger partial charge < -0.3 is 4.90 Å². The van der Waals surface area contributed by atoms with Crippen molar-refractivity contribution >= 4 is 29.3 Å². The SMILES string of the molecule is CC(C)c1ccccc1-n1c(SCC(=O)N2C(C)CCCC2C)nnc1-c1ccc(Cl)cc1. The molecule has 0 radical (unpaired) electrons. The lowest BCUT2D eigenvalue weighted by molar-refractivity contribution is -0.134. The molecule has 7 heteroatoms. The van der Waals surface area contributed by atoms with Crippen molar-refractivity contribution < 1.29 is 4.79 Å². The highest BCUT2D eigenvalue weighted by Crippen LogP contribution is 2.33. The van der Waals surface area contributed by atoms with E-state index in [0.717, 1.165) is 35.1 Å². The second-order valence-electron chi connectivity index (χ2n) is 9.08. The molecule has 2 aromatic carbocycles. The largest absolute Gasteiger partial charge is 0.337 e. The average molecular weight is 483 g/mol. The first-order valence-electron chi connectivity index (χ1n) is 11.6.